The van der Waals surface area contributed by atoms with Crippen molar-refractivity contribution in [3.63, 3.8) is 0 Å². The van der Waals surface area contributed by atoms with E-state index in [0.29, 0.717) is 23.7 Å². The second-order valence-corrected chi connectivity index (χ2v) is 6.30. The van der Waals surface area contributed by atoms with Crippen LogP contribution in [-0.2, 0) is 6.42 Å². The maximum absolute atomic E-state index is 11.1. The quantitative estimate of drug-likeness (QED) is 0.287. The molecule has 1 aromatic carbocycles. The first kappa shape index (κ1) is 21.1. The van der Waals surface area contributed by atoms with Crippen LogP contribution in [0.3, 0.4) is 0 Å². The van der Waals surface area contributed by atoms with Crippen molar-refractivity contribution in [3.8, 4) is 5.88 Å². The van der Waals surface area contributed by atoms with E-state index < -0.39 is 5.91 Å². The van der Waals surface area contributed by atoms with Gasteiger partial charge in [0.25, 0.3) is 0 Å². The Balaban J connectivity index is 1.91. The molecule has 6 heteroatoms. The number of pyridine rings is 1. The molecular weight excluding hydrogens is 352 g/mol. The predicted molar refractivity (Wildman–Crippen MR) is 112 cm³/mol. The number of carbonyl (C=O) groups is 1. The van der Waals surface area contributed by atoms with Gasteiger partial charge < -0.3 is 15.8 Å². The van der Waals surface area contributed by atoms with Crippen molar-refractivity contribution in [3.05, 3.63) is 82.9 Å². The van der Waals surface area contributed by atoms with Gasteiger partial charge >= 0.3 is 0 Å². The Kier molecular flexibility index (Phi) is 8.11. The molecule has 0 atom stereocenters. The van der Waals surface area contributed by atoms with Gasteiger partial charge in [0.1, 0.15) is 5.76 Å². The number of amides is 1. The number of rotatable bonds is 10. The zero-order valence-electron chi connectivity index (χ0n) is 16.3. The van der Waals surface area contributed by atoms with Crippen LogP contribution in [0.2, 0.25) is 0 Å². The summed E-state index contributed by atoms with van der Waals surface area (Å²) in [5.74, 6) is 0.556. The van der Waals surface area contributed by atoms with Gasteiger partial charge in [0.05, 0.1) is 11.3 Å². The highest BCUT2D eigenvalue weighted by atomic mass is 16.5. The Morgan fingerprint density at radius 2 is 2.00 bits per heavy atom. The van der Waals surface area contributed by atoms with E-state index in [-0.39, 0.29) is 0 Å². The molecule has 0 fully saturated rings. The molecule has 0 unspecified atom stereocenters. The smallest absolute Gasteiger partial charge is 0.250 e. The largest absolute Gasteiger partial charge is 0.443 e. The first-order valence-corrected chi connectivity index (χ1v) is 9.02. The van der Waals surface area contributed by atoms with Crippen LogP contribution in [0.1, 0.15) is 29.8 Å². The number of benzene rings is 1. The van der Waals surface area contributed by atoms with Crippen LogP contribution in [0.4, 0.5) is 0 Å². The second kappa shape index (κ2) is 10.8. The van der Waals surface area contributed by atoms with E-state index in [1.807, 2.05) is 38.1 Å². The Hall–Kier alpha value is -3.25. The number of allylic oxidation sites excluding steroid dienone is 3. The molecule has 0 aliphatic carbocycles. The van der Waals surface area contributed by atoms with E-state index in [2.05, 4.69) is 34.1 Å². The van der Waals surface area contributed by atoms with E-state index in [1.165, 1.54) is 11.8 Å². The topological polar surface area (TPSA) is 89.6 Å². The number of carbonyl (C=O) groups excluding carboxylic acids is 1. The van der Waals surface area contributed by atoms with Crippen molar-refractivity contribution in [2.45, 2.75) is 20.3 Å². The van der Waals surface area contributed by atoms with Crippen LogP contribution < -0.4 is 15.8 Å². The molecule has 2 rings (SSSR count). The maximum Gasteiger partial charge on any atom is 0.250 e. The summed E-state index contributed by atoms with van der Waals surface area (Å²) in [7, 11) is 0. The number of ether oxygens (including phenoxy) is 1. The van der Waals surface area contributed by atoms with Crippen molar-refractivity contribution in [1.82, 2.24) is 10.3 Å². The minimum atomic E-state index is -0.521. The average Bonchev–Trinajstić information content (AvgIpc) is 2.71. The monoisotopic (exact) mass is 378 g/mol. The Labute approximate surface area is 165 Å². The van der Waals surface area contributed by atoms with E-state index in [4.69, 9.17) is 10.5 Å². The molecule has 0 bridgehead atoms. The molecular formula is C22H26N4O2. The van der Waals surface area contributed by atoms with Crippen molar-refractivity contribution < 1.29 is 9.53 Å². The molecule has 0 spiro atoms. The lowest BCUT2D eigenvalue weighted by molar-refractivity contribution is 0.1000. The van der Waals surface area contributed by atoms with Crippen LogP contribution in [0.25, 0.3) is 0 Å². The number of nitrogens with one attached hydrogen (secondary N) is 1. The minimum absolute atomic E-state index is 0.338. The van der Waals surface area contributed by atoms with Gasteiger partial charge in [0.2, 0.25) is 11.8 Å². The van der Waals surface area contributed by atoms with Crippen molar-refractivity contribution >= 4 is 12.6 Å². The van der Waals surface area contributed by atoms with E-state index in [9.17, 15) is 4.79 Å². The summed E-state index contributed by atoms with van der Waals surface area (Å²) < 4.78 is 5.73. The van der Waals surface area contributed by atoms with Gasteiger partial charge in [-0.15, -0.1) is 0 Å². The van der Waals surface area contributed by atoms with Crippen molar-refractivity contribution in [2.75, 3.05) is 13.1 Å². The molecule has 1 heterocycles. The summed E-state index contributed by atoms with van der Waals surface area (Å²) in [5, 5.41) is 3.37. The van der Waals surface area contributed by atoms with Gasteiger partial charge in [-0.2, -0.15) is 0 Å². The molecule has 6 nitrogen and oxygen atoms in total. The standard InChI is InChI=1S/C22H26N4O2/c1-16(17(2)28-21-10-9-19(14-26-21)22(23)27)13-20(24-3)15-25-12-11-18-7-5-4-6-8-18/h4-10,13-14,25H,3,11-12,15H2,1-2H3,(H2,23,27)/b17-16+,20-13-. The maximum atomic E-state index is 11.1. The van der Waals surface area contributed by atoms with Crippen LogP contribution in [0, 0.1) is 0 Å². The minimum Gasteiger partial charge on any atom is -0.443 e. The fourth-order valence-corrected chi connectivity index (χ4v) is 2.42. The summed E-state index contributed by atoms with van der Waals surface area (Å²) >= 11 is 0. The van der Waals surface area contributed by atoms with Crippen LogP contribution in [-0.4, -0.2) is 30.7 Å². The summed E-state index contributed by atoms with van der Waals surface area (Å²) in [6.07, 6.45) is 4.27. The van der Waals surface area contributed by atoms with Crippen LogP contribution >= 0.6 is 0 Å². The number of nitrogens with zero attached hydrogens (tertiary/aromatic N) is 2. The van der Waals surface area contributed by atoms with Gasteiger partial charge in [0, 0.05) is 18.8 Å². The number of hydrogen-bond acceptors (Lipinski definition) is 5. The Morgan fingerprint density at radius 3 is 2.61 bits per heavy atom. The molecule has 3 N–H and O–H groups in total. The summed E-state index contributed by atoms with van der Waals surface area (Å²) in [4.78, 5) is 19.3. The van der Waals surface area contributed by atoms with Gasteiger partial charge in [0.15, 0.2) is 0 Å². The molecule has 1 aromatic heterocycles. The van der Waals surface area contributed by atoms with Crippen molar-refractivity contribution in [2.24, 2.45) is 10.7 Å². The second-order valence-electron chi connectivity index (χ2n) is 6.30. The SMILES string of the molecule is C=N/C(=C\C(C)=C(/C)Oc1ccc(C(N)=O)cn1)CNCCc1ccccc1. The number of primary amides is 1. The average molecular weight is 378 g/mol. The molecule has 0 radical (unpaired) electrons. The molecule has 1 amide bonds. The molecule has 0 aliphatic heterocycles. The molecule has 0 saturated carbocycles. The predicted octanol–water partition coefficient (Wildman–Crippen LogP) is 3.27. The number of hydrogen-bond donors (Lipinski definition) is 2. The molecule has 146 valence electrons. The molecule has 0 saturated heterocycles. The summed E-state index contributed by atoms with van der Waals surface area (Å²) in [6, 6.07) is 13.5. The summed E-state index contributed by atoms with van der Waals surface area (Å²) in [5.41, 5.74) is 8.57. The zero-order valence-corrected chi connectivity index (χ0v) is 16.3. The lowest BCUT2D eigenvalue weighted by Crippen LogP contribution is -2.19. The lowest BCUT2D eigenvalue weighted by Gasteiger charge is -2.09. The van der Waals surface area contributed by atoms with Crippen molar-refractivity contribution in [1.29, 1.82) is 0 Å². The fraction of sp³-hybridized carbons (Fsp3) is 0.227. The zero-order chi connectivity index (χ0) is 20.4. The number of aliphatic imine (C=N–C) groups is 1. The third kappa shape index (κ3) is 6.81. The normalized spacial score (nSPS) is 12.3. The van der Waals surface area contributed by atoms with E-state index in [0.717, 1.165) is 24.2 Å². The van der Waals surface area contributed by atoms with Gasteiger partial charge in [-0.3, -0.25) is 9.79 Å². The van der Waals surface area contributed by atoms with Gasteiger partial charge in [-0.25, -0.2) is 4.98 Å². The van der Waals surface area contributed by atoms with E-state index in [1.54, 1.807) is 12.1 Å². The Morgan fingerprint density at radius 1 is 1.25 bits per heavy atom. The highest BCUT2D eigenvalue weighted by Gasteiger charge is 2.04. The molecule has 2 aromatic rings. The lowest BCUT2D eigenvalue weighted by atomic mass is 10.1. The third-order valence-corrected chi connectivity index (χ3v) is 4.16. The Bertz CT molecular complexity index is 856. The van der Waals surface area contributed by atoms with Gasteiger partial charge in [-0.1, -0.05) is 30.3 Å². The number of nitrogens with two attached hydrogens (primary N) is 1. The molecule has 0 aliphatic rings. The summed E-state index contributed by atoms with van der Waals surface area (Å²) in [6.45, 7) is 8.89. The van der Waals surface area contributed by atoms with E-state index >= 15 is 0 Å². The molecule has 28 heavy (non-hydrogen) atoms. The van der Waals surface area contributed by atoms with Crippen LogP contribution in [0.5, 0.6) is 5.88 Å². The number of aromatic nitrogens is 1. The first-order valence-electron chi connectivity index (χ1n) is 9.02. The third-order valence-electron chi connectivity index (χ3n) is 4.16. The highest BCUT2D eigenvalue weighted by molar-refractivity contribution is 5.92. The first-order chi connectivity index (χ1) is 13.5. The van der Waals surface area contributed by atoms with Gasteiger partial charge in [-0.05, 0) is 56.8 Å². The van der Waals surface area contributed by atoms with Crippen LogP contribution in [0.15, 0.2) is 76.8 Å². The highest BCUT2D eigenvalue weighted by Crippen LogP contribution is 2.15. The fourth-order valence-electron chi connectivity index (χ4n) is 2.42.